The average Bonchev–Trinajstić information content (AvgIpc) is 3.03. The van der Waals surface area contributed by atoms with Crippen molar-refractivity contribution in [2.75, 3.05) is 5.32 Å². The number of rotatable bonds is 6. The molecule has 0 bridgehead atoms. The Kier molecular flexibility index (Phi) is 5.31. The van der Waals surface area contributed by atoms with Gasteiger partial charge in [-0.2, -0.15) is 0 Å². The quantitative estimate of drug-likeness (QED) is 0.577. The van der Waals surface area contributed by atoms with Crippen LogP contribution in [0.2, 0.25) is 0 Å². The summed E-state index contributed by atoms with van der Waals surface area (Å²) in [6, 6.07) is 13.4. The Balaban J connectivity index is 1.59. The Morgan fingerprint density at radius 2 is 1.83 bits per heavy atom. The molecule has 0 radical (unpaired) electrons. The lowest BCUT2D eigenvalue weighted by molar-refractivity contribution is 0.151. The maximum Gasteiger partial charge on any atom is 0.241 e. The van der Waals surface area contributed by atoms with Crippen LogP contribution in [0, 0.1) is 0 Å². The minimum atomic E-state index is -3.77. The molecule has 2 unspecified atom stereocenters. The van der Waals surface area contributed by atoms with E-state index in [2.05, 4.69) is 20.0 Å². The predicted octanol–water partition coefficient (Wildman–Crippen LogP) is 2.72. The highest BCUT2D eigenvalue weighted by molar-refractivity contribution is 7.89. The summed E-state index contributed by atoms with van der Waals surface area (Å²) >= 11 is 0. The van der Waals surface area contributed by atoms with Crippen LogP contribution in [-0.4, -0.2) is 29.6 Å². The second-order valence-electron chi connectivity index (χ2n) is 6.98. The number of nitrogens with one attached hydrogen (secondary N) is 2. The Bertz CT molecular complexity index is 1100. The second kappa shape index (κ2) is 7.90. The van der Waals surface area contributed by atoms with Gasteiger partial charge in [0.05, 0.1) is 17.0 Å². The van der Waals surface area contributed by atoms with E-state index in [0.717, 1.165) is 28.8 Å². The number of hydrogen-bond acceptors (Lipinski definition) is 6. The number of nitrogens with zero attached hydrogens (tertiary/aromatic N) is 2. The zero-order valence-corrected chi connectivity index (χ0v) is 16.7. The zero-order chi connectivity index (χ0) is 20.4. The van der Waals surface area contributed by atoms with Crippen molar-refractivity contribution in [3.63, 3.8) is 0 Å². The van der Waals surface area contributed by atoms with E-state index in [1.807, 2.05) is 25.1 Å². The predicted molar refractivity (Wildman–Crippen MR) is 110 cm³/mol. The van der Waals surface area contributed by atoms with Gasteiger partial charge < -0.3 is 10.4 Å². The van der Waals surface area contributed by atoms with E-state index in [4.69, 9.17) is 0 Å². The van der Waals surface area contributed by atoms with Crippen LogP contribution in [0.15, 0.2) is 65.8 Å². The van der Waals surface area contributed by atoms with E-state index in [-0.39, 0.29) is 4.90 Å². The number of benzene rings is 2. The number of aliphatic hydroxyl groups excluding tert-OH is 1. The molecule has 1 aliphatic carbocycles. The zero-order valence-electron chi connectivity index (χ0n) is 15.9. The molecule has 29 heavy (non-hydrogen) atoms. The first-order chi connectivity index (χ1) is 14.0. The van der Waals surface area contributed by atoms with Gasteiger partial charge >= 0.3 is 0 Å². The summed E-state index contributed by atoms with van der Waals surface area (Å²) in [7, 11) is -3.77. The van der Waals surface area contributed by atoms with Crippen LogP contribution in [0.3, 0.4) is 0 Å². The molecule has 2 atom stereocenters. The van der Waals surface area contributed by atoms with Crippen molar-refractivity contribution >= 4 is 21.7 Å². The fraction of sp³-hybridized carbons (Fsp3) is 0.238. The molecule has 1 aliphatic rings. The highest BCUT2D eigenvalue weighted by Crippen LogP contribution is 2.35. The largest absolute Gasteiger partial charge is 0.391 e. The number of fused-ring (bicyclic) bond motifs is 1. The van der Waals surface area contributed by atoms with Gasteiger partial charge in [-0.15, -0.1) is 0 Å². The van der Waals surface area contributed by atoms with Crippen molar-refractivity contribution in [1.29, 1.82) is 0 Å². The van der Waals surface area contributed by atoms with Crippen LogP contribution in [0.4, 0.5) is 11.6 Å². The molecule has 0 saturated heterocycles. The number of aryl methyl sites for hydroxylation is 1. The first kappa shape index (κ1) is 19.5. The van der Waals surface area contributed by atoms with Gasteiger partial charge in [0.25, 0.3) is 0 Å². The molecule has 4 rings (SSSR count). The molecule has 3 N–H and O–H groups in total. The lowest BCUT2D eigenvalue weighted by Gasteiger charge is -2.19. The highest BCUT2D eigenvalue weighted by Gasteiger charge is 2.34. The van der Waals surface area contributed by atoms with Gasteiger partial charge in [0.15, 0.2) is 0 Å². The van der Waals surface area contributed by atoms with Gasteiger partial charge in [-0.25, -0.2) is 23.1 Å². The van der Waals surface area contributed by atoms with Crippen molar-refractivity contribution in [1.82, 2.24) is 14.7 Å². The minimum absolute atomic E-state index is 0.183. The van der Waals surface area contributed by atoms with E-state index >= 15 is 0 Å². The third kappa shape index (κ3) is 4.14. The number of hydrogen-bond donors (Lipinski definition) is 3. The standard InChI is InChI=1S/C21H22N4O3S/c1-2-14-4-8-17(9-5-14)29(27,28)25-20-18-13-16(7-6-15(18)12-19(20)26)24-21-22-10-3-11-23-21/h3-11,13,19-20,25-26H,2,12H2,1H3,(H,22,23,24). The molecule has 0 spiro atoms. The molecule has 0 fully saturated rings. The van der Waals surface area contributed by atoms with Gasteiger partial charge in [0.1, 0.15) is 0 Å². The topological polar surface area (TPSA) is 104 Å². The molecule has 8 heteroatoms. The fourth-order valence-corrected chi connectivity index (χ4v) is 4.72. The fourth-order valence-electron chi connectivity index (χ4n) is 3.47. The summed E-state index contributed by atoms with van der Waals surface area (Å²) in [5.74, 6) is 0.444. The van der Waals surface area contributed by atoms with Gasteiger partial charge in [0, 0.05) is 24.5 Å². The first-order valence-electron chi connectivity index (χ1n) is 9.42. The summed E-state index contributed by atoms with van der Waals surface area (Å²) in [4.78, 5) is 8.45. The average molecular weight is 410 g/mol. The van der Waals surface area contributed by atoms with E-state index in [9.17, 15) is 13.5 Å². The Morgan fingerprint density at radius 1 is 1.10 bits per heavy atom. The molecule has 0 saturated carbocycles. The van der Waals surface area contributed by atoms with Crippen molar-refractivity contribution in [2.45, 2.75) is 36.8 Å². The molecule has 3 aromatic rings. The third-order valence-electron chi connectivity index (χ3n) is 5.04. The van der Waals surface area contributed by atoms with Gasteiger partial charge in [0.2, 0.25) is 16.0 Å². The van der Waals surface area contributed by atoms with Gasteiger partial charge in [-0.1, -0.05) is 25.1 Å². The summed E-state index contributed by atoms with van der Waals surface area (Å²) in [6.07, 6.45) is 3.65. The van der Waals surface area contributed by atoms with Crippen molar-refractivity contribution in [3.8, 4) is 0 Å². The second-order valence-corrected chi connectivity index (χ2v) is 8.69. The Hall–Kier alpha value is -2.81. The Morgan fingerprint density at radius 3 is 2.52 bits per heavy atom. The van der Waals surface area contributed by atoms with Crippen LogP contribution in [0.5, 0.6) is 0 Å². The van der Waals surface area contributed by atoms with E-state index < -0.39 is 22.2 Å². The van der Waals surface area contributed by atoms with E-state index in [1.165, 1.54) is 0 Å². The van der Waals surface area contributed by atoms with Crippen LogP contribution >= 0.6 is 0 Å². The summed E-state index contributed by atoms with van der Waals surface area (Å²) < 4.78 is 28.4. The third-order valence-corrected chi connectivity index (χ3v) is 6.50. The molecular weight excluding hydrogens is 388 g/mol. The molecule has 1 heterocycles. The first-order valence-corrected chi connectivity index (χ1v) is 10.9. The van der Waals surface area contributed by atoms with Gasteiger partial charge in [-0.3, -0.25) is 0 Å². The van der Waals surface area contributed by atoms with Crippen LogP contribution < -0.4 is 10.0 Å². The van der Waals surface area contributed by atoms with Crippen molar-refractivity contribution in [2.24, 2.45) is 0 Å². The monoisotopic (exact) mass is 410 g/mol. The SMILES string of the molecule is CCc1ccc(S(=O)(=O)NC2c3cc(Nc4ncccn4)ccc3CC2O)cc1. The highest BCUT2D eigenvalue weighted by atomic mass is 32.2. The summed E-state index contributed by atoms with van der Waals surface area (Å²) in [5.41, 5.74) is 3.44. The Labute approximate surface area is 169 Å². The smallest absolute Gasteiger partial charge is 0.241 e. The number of aliphatic hydroxyl groups is 1. The maximum absolute atomic E-state index is 12.9. The van der Waals surface area contributed by atoms with Crippen LogP contribution in [0.1, 0.15) is 29.7 Å². The van der Waals surface area contributed by atoms with Gasteiger partial charge in [-0.05, 0) is 53.4 Å². The molecule has 1 aromatic heterocycles. The number of aromatic nitrogens is 2. The number of sulfonamides is 1. The molecule has 2 aromatic carbocycles. The lowest BCUT2D eigenvalue weighted by atomic mass is 10.1. The van der Waals surface area contributed by atoms with E-state index in [1.54, 1.807) is 42.7 Å². The summed E-state index contributed by atoms with van der Waals surface area (Å²) in [6.45, 7) is 2.01. The lowest BCUT2D eigenvalue weighted by Crippen LogP contribution is -2.33. The van der Waals surface area contributed by atoms with Crippen molar-refractivity contribution in [3.05, 3.63) is 77.6 Å². The minimum Gasteiger partial charge on any atom is -0.391 e. The maximum atomic E-state index is 12.9. The normalized spacial score (nSPS) is 18.4. The van der Waals surface area contributed by atoms with E-state index in [0.29, 0.717) is 12.4 Å². The molecular formula is C21H22N4O3S. The molecule has 0 aliphatic heterocycles. The van der Waals surface area contributed by atoms with Crippen LogP contribution in [-0.2, 0) is 22.9 Å². The van der Waals surface area contributed by atoms with Crippen molar-refractivity contribution < 1.29 is 13.5 Å². The summed E-state index contributed by atoms with van der Waals surface area (Å²) in [5, 5.41) is 13.6. The molecule has 7 nitrogen and oxygen atoms in total. The molecule has 0 amide bonds. The number of anilines is 2. The van der Waals surface area contributed by atoms with Crippen LogP contribution in [0.25, 0.3) is 0 Å². The molecule has 150 valence electrons.